The summed E-state index contributed by atoms with van der Waals surface area (Å²) >= 11 is 0. The average molecular weight is 381 g/mol. The highest BCUT2D eigenvalue weighted by Crippen LogP contribution is 2.09. The molecule has 1 fully saturated rings. The molecule has 1 aliphatic rings. The molecule has 3 rings (SSSR count). The van der Waals surface area contributed by atoms with E-state index in [1.165, 1.54) is 16.7 Å². The Bertz CT molecular complexity index is 709. The molecule has 28 heavy (non-hydrogen) atoms. The third kappa shape index (κ3) is 6.98. The van der Waals surface area contributed by atoms with Crippen molar-refractivity contribution in [1.82, 2.24) is 15.5 Å². The Kier molecular flexibility index (Phi) is 8.34. The van der Waals surface area contributed by atoms with Gasteiger partial charge in [-0.25, -0.2) is 0 Å². The van der Waals surface area contributed by atoms with Crippen LogP contribution in [0, 0.1) is 0 Å². The van der Waals surface area contributed by atoms with Crippen LogP contribution in [0.3, 0.4) is 0 Å². The van der Waals surface area contributed by atoms with Crippen LogP contribution in [0.5, 0.6) is 0 Å². The van der Waals surface area contributed by atoms with Gasteiger partial charge in [-0.2, -0.15) is 0 Å². The maximum Gasteiger partial charge on any atom is 0.191 e. The summed E-state index contributed by atoms with van der Waals surface area (Å²) in [7, 11) is 1.82. The van der Waals surface area contributed by atoms with E-state index in [0.29, 0.717) is 0 Å². The maximum atomic E-state index is 5.41. The average Bonchev–Trinajstić information content (AvgIpc) is 2.76. The van der Waals surface area contributed by atoms with E-state index in [9.17, 15) is 0 Å². The molecule has 0 spiro atoms. The van der Waals surface area contributed by atoms with Gasteiger partial charge in [-0.15, -0.1) is 0 Å². The number of aliphatic imine (C=N–C) groups is 1. The van der Waals surface area contributed by atoms with Gasteiger partial charge in [0.05, 0.1) is 13.2 Å². The summed E-state index contributed by atoms with van der Waals surface area (Å²) in [4.78, 5) is 6.76. The Morgan fingerprint density at radius 3 is 2.36 bits per heavy atom. The highest BCUT2D eigenvalue weighted by Gasteiger charge is 2.10. The summed E-state index contributed by atoms with van der Waals surface area (Å²) in [5, 5.41) is 6.79. The quantitative estimate of drug-likeness (QED) is 0.420. The normalized spacial score (nSPS) is 15.4. The van der Waals surface area contributed by atoms with Crippen molar-refractivity contribution in [2.24, 2.45) is 4.99 Å². The Hall–Kier alpha value is -2.37. The fourth-order valence-corrected chi connectivity index (χ4v) is 3.33. The van der Waals surface area contributed by atoms with Crippen molar-refractivity contribution in [3.63, 3.8) is 0 Å². The molecule has 5 heteroatoms. The molecule has 0 unspecified atom stereocenters. The molecule has 0 atom stereocenters. The number of aryl methyl sites for hydroxylation is 1. The molecular formula is C23H32N4O. The first-order chi connectivity index (χ1) is 13.8. The van der Waals surface area contributed by atoms with Gasteiger partial charge in [0.2, 0.25) is 0 Å². The highest BCUT2D eigenvalue weighted by atomic mass is 16.5. The van der Waals surface area contributed by atoms with E-state index >= 15 is 0 Å². The third-order valence-corrected chi connectivity index (χ3v) is 4.99. The second-order valence-corrected chi connectivity index (χ2v) is 7.15. The molecule has 150 valence electrons. The van der Waals surface area contributed by atoms with Crippen LogP contribution >= 0.6 is 0 Å². The van der Waals surface area contributed by atoms with E-state index in [0.717, 1.165) is 64.7 Å². The largest absolute Gasteiger partial charge is 0.379 e. The van der Waals surface area contributed by atoms with Crippen molar-refractivity contribution < 1.29 is 4.74 Å². The zero-order valence-electron chi connectivity index (χ0n) is 16.9. The van der Waals surface area contributed by atoms with E-state index in [1.807, 2.05) is 7.05 Å². The van der Waals surface area contributed by atoms with Crippen LogP contribution in [-0.4, -0.2) is 50.8 Å². The molecule has 2 aromatic carbocycles. The summed E-state index contributed by atoms with van der Waals surface area (Å²) in [6.45, 7) is 6.43. The van der Waals surface area contributed by atoms with Crippen molar-refractivity contribution in [2.75, 3.05) is 39.9 Å². The lowest BCUT2D eigenvalue weighted by Crippen LogP contribution is -2.37. The number of hydrogen-bond donors (Lipinski definition) is 2. The lowest BCUT2D eigenvalue weighted by molar-refractivity contribution is 0.0342. The Balaban J connectivity index is 1.36. The van der Waals surface area contributed by atoms with Gasteiger partial charge >= 0.3 is 0 Å². The standard InChI is InChI=1S/C23H32N4O/c1-24-23(25-13-5-8-20-6-3-2-4-7-20)26-18-21-9-11-22(12-10-21)19-27-14-16-28-17-15-27/h2-4,6-7,9-12H,5,8,13-19H2,1H3,(H2,24,25,26). The van der Waals surface area contributed by atoms with Gasteiger partial charge in [-0.1, -0.05) is 54.6 Å². The van der Waals surface area contributed by atoms with Crippen LogP contribution in [0.15, 0.2) is 59.6 Å². The molecule has 0 bridgehead atoms. The smallest absolute Gasteiger partial charge is 0.191 e. The van der Waals surface area contributed by atoms with Gasteiger partial charge in [0.25, 0.3) is 0 Å². The van der Waals surface area contributed by atoms with Gasteiger partial charge in [-0.3, -0.25) is 9.89 Å². The van der Waals surface area contributed by atoms with Gasteiger partial charge < -0.3 is 15.4 Å². The van der Waals surface area contributed by atoms with Gasteiger partial charge in [0.15, 0.2) is 5.96 Å². The molecule has 0 saturated carbocycles. The third-order valence-electron chi connectivity index (χ3n) is 4.99. The lowest BCUT2D eigenvalue weighted by atomic mass is 10.1. The first-order valence-corrected chi connectivity index (χ1v) is 10.2. The van der Waals surface area contributed by atoms with Gasteiger partial charge in [-0.05, 0) is 29.5 Å². The number of rotatable bonds is 8. The maximum absolute atomic E-state index is 5.41. The molecule has 2 N–H and O–H groups in total. The summed E-state index contributed by atoms with van der Waals surface area (Å²) < 4.78 is 5.41. The molecule has 2 aromatic rings. The van der Waals surface area contributed by atoms with Gasteiger partial charge in [0.1, 0.15) is 0 Å². The van der Waals surface area contributed by atoms with Crippen LogP contribution in [0.4, 0.5) is 0 Å². The van der Waals surface area contributed by atoms with Crippen molar-refractivity contribution in [3.8, 4) is 0 Å². The Morgan fingerprint density at radius 1 is 0.929 bits per heavy atom. The predicted molar refractivity (Wildman–Crippen MR) is 116 cm³/mol. The van der Waals surface area contributed by atoms with E-state index in [1.54, 1.807) is 0 Å². The minimum Gasteiger partial charge on any atom is -0.379 e. The highest BCUT2D eigenvalue weighted by molar-refractivity contribution is 5.79. The first kappa shape index (κ1) is 20.4. The minimum atomic E-state index is 0.774. The number of hydrogen-bond acceptors (Lipinski definition) is 3. The SMILES string of the molecule is CN=C(NCCCc1ccccc1)NCc1ccc(CN2CCOCC2)cc1. The van der Waals surface area contributed by atoms with Crippen LogP contribution in [-0.2, 0) is 24.2 Å². The molecule has 0 aliphatic carbocycles. The molecule has 0 aromatic heterocycles. The summed E-state index contributed by atoms with van der Waals surface area (Å²) in [5.41, 5.74) is 4.00. The topological polar surface area (TPSA) is 48.9 Å². The van der Waals surface area contributed by atoms with Crippen LogP contribution in [0.2, 0.25) is 0 Å². The fraction of sp³-hybridized carbons (Fsp3) is 0.435. The van der Waals surface area contributed by atoms with E-state index in [4.69, 9.17) is 4.74 Å². The number of ether oxygens (including phenoxy) is 1. The molecule has 1 saturated heterocycles. The number of guanidine groups is 1. The van der Waals surface area contributed by atoms with Crippen molar-refractivity contribution in [3.05, 3.63) is 71.3 Å². The number of nitrogens with one attached hydrogen (secondary N) is 2. The van der Waals surface area contributed by atoms with Crippen molar-refractivity contribution >= 4 is 5.96 Å². The monoisotopic (exact) mass is 380 g/mol. The Morgan fingerprint density at radius 2 is 1.64 bits per heavy atom. The van der Waals surface area contributed by atoms with E-state index in [2.05, 4.69) is 75.1 Å². The Labute approximate surface area is 168 Å². The number of benzene rings is 2. The molecule has 5 nitrogen and oxygen atoms in total. The van der Waals surface area contributed by atoms with Crippen LogP contribution < -0.4 is 10.6 Å². The summed E-state index contributed by atoms with van der Waals surface area (Å²) in [5.74, 6) is 0.852. The summed E-state index contributed by atoms with van der Waals surface area (Å²) in [6, 6.07) is 19.4. The van der Waals surface area contributed by atoms with Crippen LogP contribution in [0.25, 0.3) is 0 Å². The molecule has 0 radical (unpaired) electrons. The van der Waals surface area contributed by atoms with Crippen molar-refractivity contribution in [1.29, 1.82) is 0 Å². The lowest BCUT2D eigenvalue weighted by Gasteiger charge is -2.26. The number of morpholine rings is 1. The zero-order valence-corrected chi connectivity index (χ0v) is 16.9. The first-order valence-electron chi connectivity index (χ1n) is 10.2. The molecule has 0 amide bonds. The predicted octanol–water partition coefficient (Wildman–Crippen LogP) is 2.82. The van der Waals surface area contributed by atoms with Crippen molar-refractivity contribution in [2.45, 2.75) is 25.9 Å². The minimum absolute atomic E-state index is 0.774. The molecule has 1 heterocycles. The molecule has 1 aliphatic heterocycles. The second-order valence-electron chi connectivity index (χ2n) is 7.15. The van der Waals surface area contributed by atoms with E-state index < -0.39 is 0 Å². The number of nitrogens with zero attached hydrogens (tertiary/aromatic N) is 2. The molecular weight excluding hydrogens is 348 g/mol. The summed E-state index contributed by atoms with van der Waals surface area (Å²) in [6.07, 6.45) is 2.16. The van der Waals surface area contributed by atoms with Crippen LogP contribution in [0.1, 0.15) is 23.1 Å². The zero-order chi connectivity index (χ0) is 19.4. The van der Waals surface area contributed by atoms with Gasteiger partial charge in [0, 0.05) is 39.8 Å². The van der Waals surface area contributed by atoms with E-state index in [-0.39, 0.29) is 0 Å². The second kappa shape index (κ2) is 11.5. The fourth-order valence-electron chi connectivity index (χ4n) is 3.33.